The second-order valence-corrected chi connectivity index (χ2v) is 2.73. The smallest absolute Gasteiger partial charge is 0.0160 e. The van der Waals surface area contributed by atoms with Crippen LogP contribution in [0.4, 0.5) is 0 Å². The first-order chi connectivity index (χ1) is 2.43. The molecule has 0 saturated heterocycles. The minimum absolute atomic E-state index is 0.866. The molecule has 0 amide bonds. The van der Waals surface area contributed by atoms with Gasteiger partial charge in [0.25, 0.3) is 0 Å². The predicted octanol–water partition coefficient (Wildman–Crippen LogP) is 1.99. The average molecular weight is 105 g/mol. The van der Waals surface area contributed by atoms with Gasteiger partial charge >= 0.3 is 0 Å². The summed E-state index contributed by atoms with van der Waals surface area (Å²) in [6, 6.07) is 0. The second kappa shape index (κ2) is 1.43. The minimum Gasteiger partial charge on any atom is -0.0783 e. The molecule has 1 fully saturated rings. The Kier molecular flexibility index (Phi) is 1.11. The Labute approximate surface area is 41.1 Å². The highest BCUT2D eigenvalue weighted by Gasteiger charge is 2.19. The maximum atomic E-state index is 4.66. The van der Waals surface area contributed by atoms with Crippen LogP contribution in [0.1, 0.15) is 12.8 Å². The molecule has 29 valence electrons. The lowest BCUT2D eigenvalue weighted by Gasteiger charge is -1.70. The SMILES string of the molecule is [S]SC1CC1. The van der Waals surface area contributed by atoms with Crippen LogP contribution in [0.25, 0.3) is 0 Å². The van der Waals surface area contributed by atoms with Gasteiger partial charge in [-0.2, -0.15) is 0 Å². The normalized spacial score (nSPS) is 23.4. The lowest BCUT2D eigenvalue weighted by Crippen LogP contribution is -1.53. The molecule has 0 aromatic carbocycles. The molecule has 1 aliphatic carbocycles. The van der Waals surface area contributed by atoms with E-state index >= 15 is 0 Å². The van der Waals surface area contributed by atoms with Gasteiger partial charge in [0.2, 0.25) is 0 Å². The summed E-state index contributed by atoms with van der Waals surface area (Å²) in [5.41, 5.74) is 0. The molecule has 1 radical (unpaired) electrons. The quantitative estimate of drug-likeness (QED) is 0.459. The molecule has 0 bridgehead atoms. The van der Waals surface area contributed by atoms with Crippen LogP contribution in [0.15, 0.2) is 0 Å². The zero-order valence-corrected chi connectivity index (χ0v) is 4.44. The highest BCUT2D eigenvalue weighted by atomic mass is 33.1. The molecule has 1 rings (SSSR count). The molecule has 0 atom stereocenters. The molecule has 1 aliphatic rings. The summed E-state index contributed by atoms with van der Waals surface area (Å²) in [5, 5.41) is 0.866. The van der Waals surface area contributed by atoms with E-state index in [0.717, 1.165) is 5.25 Å². The highest BCUT2D eigenvalue weighted by Crippen LogP contribution is 2.35. The van der Waals surface area contributed by atoms with Crippen LogP contribution in [0.3, 0.4) is 0 Å². The zero-order chi connectivity index (χ0) is 3.70. The number of rotatable bonds is 1. The largest absolute Gasteiger partial charge is 0.0783 e. The standard InChI is InChI=1S/C3H5S2/c4-5-3-1-2-3/h3H,1-2H2. The zero-order valence-electron chi connectivity index (χ0n) is 2.81. The molecule has 0 spiro atoms. The van der Waals surface area contributed by atoms with E-state index in [2.05, 4.69) is 11.7 Å². The van der Waals surface area contributed by atoms with Gasteiger partial charge in [-0.05, 0) is 24.5 Å². The predicted molar refractivity (Wildman–Crippen MR) is 28.2 cm³/mol. The van der Waals surface area contributed by atoms with E-state index in [4.69, 9.17) is 0 Å². The van der Waals surface area contributed by atoms with Crippen LogP contribution >= 0.6 is 22.5 Å². The Bertz CT molecular complexity index is 31.9. The number of hydrogen-bond donors (Lipinski definition) is 0. The van der Waals surface area contributed by atoms with Crippen molar-refractivity contribution in [2.75, 3.05) is 0 Å². The molecule has 0 aliphatic heterocycles. The summed E-state index contributed by atoms with van der Waals surface area (Å²) in [5.74, 6) is 0. The summed E-state index contributed by atoms with van der Waals surface area (Å²) in [6.07, 6.45) is 2.74. The third-order valence-electron chi connectivity index (χ3n) is 0.660. The molecule has 1 saturated carbocycles. The Morgan fingerprint density at radius 1 is 1.60 bits per heavy atom. The molecule has 0 N–H and O–H groups in total. The van der Waals surface area contributed by atoms with E-state index in [9.17, 15) is 0 Å². The van der Waals surface area contributed by atoms with Crippen molar-refractivity contribution in [3.05, 3.63) is 0 Å². The maximum absolute atomic E-state index is 4.66. The Morgan fingerprint density at radius 2 is 2.20 bits per heavy atom. The van der Waals surface area contributed by atoms with Crippen LogP contribution in [-0.2, 0) is 0 Å². The lowest BCUT2D eigenvalue weighted by molar-refractivity contribution is 1.50. The van der Waals surface area contributed by atoms with Gasteiger partial charge in [-0.1, -0.05) is 10.8 Å². The van der Waals surface area contributed by atoms with Crippen molar-refractivity contribution in [2.45, 2.75) is 18.1 Å². The molecule has 0 nitrogen and oxygen atoms in total. The first-order valence-corrected chi connectivity index (χ1v) is 3.52. The summed E-state index contributed by atoms with van der Waals surface area (Å²) in [7, 11) is 1.57. The summed E-state index contributed by atoms with van der Waals surface area (Å²) in [4.78, 5) is 0. The highest BCUT2D eigenvalue weighted by molar-refractivity contribution is 8.69. The van der Waals surface area contributed by atoms with E-state index in [0.29, 0.717) is 0 Å². The third kappa shape index (κ3) is 1.05. The second-order valence-electron chi connectivity index (χ2n) is 1.30. The minimum atomic E-state index is 0.866. The van der Waals surface area contributed by atoms with Crippen molar-refractivity contribution in [1.82, 2.24) is 0 Å². The Morgan fingerprint density at radius 3 is 2.20 bits per heavy atom. The third-order valence-corrected chi connectivity index (χ3v) is 2.22. The van der Waals surface area contributed by atoms with Crippen molar-refractivity contribution in [3.8, 4) is 0 Å². The fraction of sp³-hybridized carbons (Fsp3) is 1.00. The maximum Gasteiger partial charge on any atom is 0.0160 e. The topological polar surface area (TPSA) is 0 Å². The molecule has 0 aromatic heterocycles. The molecular formula is C3H5S2. The van der Waals surface area contributed by atoms with E-state index in [1.165, 1.54) is 12.8 Å². The molecule has 0 aromatic rings. The Hall–Kier alpha value is 0.700. The van der Waals surface area contributed by atoms with Crippen LogP contribution < -0.4 is 0 Å². The van der Waals surface area contributed by atoms with Crippen molar-refractivity contribution >= 4 is 22.5 Å². The van der Waals surface area contributed by atoms with Gasteiger partial charge in [0, 0.05) is 5.25 Å². The first kappa shape index (κ1) is 3.88. The van der Waals surface area contributed by atoms with E-state index < -0.39 is 0 Å². The van der Waals surface area contributed by atoms with Gasteiger partial charge in [-0.25, -0.2) is 0 Å². The lowest BCUT2D eigenvalue weighted by atomic mass is 11.0. The molecule has 5 heavy (non-hydrogen) atoms. The molecule has 0 heterocycles. The van der Waals surface area contributed by atoms with Gasteiger partial charge in [0.05, 0.1) is 0 Å². The van der Waals surface area contributed by atoms with Crippen LogP contribution in [0, 0.1) is 0 Å². The van der Waals surface area contributed by atoms with Crippen LogP contribution in [0.2, 0.25) is 0 Å². The molecule has 0 unspecified atom stereocenters. The van der Waals surface area contributed by atoms with Crippen LogP contribution in [-0.4, -0.2) is 5.25 Å². The van der Waals surface area contributed by atoms with E-state index in [-0.39, 0.29) is 0 Å². The molecular weight excluding hydrogens is 100 g/mol. The fourth-order valence-electron chi connectivity index (χ4n) is 0.164. The van der Waals surface area contributed by atoms with Crippen molar-refractivity contribution in [2.24, 2.45) is 0 Å². The summed E-state index contributed by atoms with van der Waals surface area (Å²) in [6.45, 7) is 0. The van der Waals surface area contributed by atoms with Crippen molar-refractivity contribution < 1.29 is 0 Å². The monoisotopic (exact) mass is 105 g/mol. The summed E-state index contributed by atoms with van der Waals surface area (Å²) >= 11 is 4.66. The fourth-order valence-corrected chi connectivity index (χ4v) is 1.07. The van der Waals surface area contributed by atoms with Gasteiger partial charge in [-0.3, -0.25) is 0 Å². The van der Waals surface area contributed by atoms with Crippen molar-refractivity contribution in [3.63, 3.8) is 0 Å². The average Bonchev–Trinajstić information content (AvgIpc) is 2.12. The summed E-state index contributed by atoms with van der Waals surface area (Å²) < 4.78 is 0. The van der Waals surface area contributed by atoms with Gasteiger partial charge in [0.1, 0.15) is 0 Å². The van der Waals surface area contributed by atoms with Gasteiger partial charge in [0.15, 0.2) is 0 Å². The van der Waals surface area contributed by atoms with E-state index in [1.54, 1.807) is 10.8 Å². The van der Waals surface area contributed by atoms with E-state index in [1.807, 2.05) is 0 Å². The van der Waals surface area contributed by atoms with Gasteiger partial charge < -0.3 is 0 Å². The van der Waals surface area contributed by atoms with Crippen molar-refractivity contribution in [1.29, 1.82) is 0 Å². The first-order valence-electron chi connectivity index (χ1n) is 1.72. The van der Waals surface area contributed by atoms with Gasteiger partial charge in [-0.15, -0.1) is 0 Å². The Balaban J connectivity index is 2.00. The molecule has 2 heteroatoms. The van der Waals surface area contributed by atoms with Crippen LogP contribution in [0.5, 0.6) is 0 Å². The number of hydrogen-bond acceptors (Lipinski definition) is 1.